The second-order valence-electron chi connectivity index (χ2n) is 5.58. The Kier molecular flexibility index (Phi) is 6.03. The van der Waals surface area contributed by atoms with Crippen molar-refractivity contribution >= 4 is 23.2 Å². The van der Waals surface area contributed by atoms with Crippen LogP contribution < -0.4 is 10.6 Å². The van der Waals surface area contributed by atoms with Crippen LogP contribution in [0.4, 0.5) is 5.69 Å². The maximum absolute atomic E-state index is 12.2. The standard InChI is InChI=1S/C16H24ClN3O/c1-3-20(13-6-8-18-9-7-13)11-16(21)19-15-5-4-12(2)10-14(15)17/h4-5,10,13,18H,3,6-9,11H2,1-2H3,(H,19,21). The van der Waals surface area contributed by atoms with E-state index in [0.29, 0.717) is 23.3 Å². The molecule has 1 heterocycles. The predicted octanol–water partition coefficient (Wildman–Crippen LogP) is 2.66. The fourth-order valence-electron chi connectivity index (χ4n) is 2.77. The van der Waals surface area contributed by atoms with Gasteiger partial charge in [-0.3, -0.25) is 9.69 Å². The fourth-order valence-corrected chi connectivity index (χ4v) is 3.05. The Morgan fingerprint density at radius 2 is 2.14 bits per heavy atom. The average molecular weight is 310 g/mol. The van der Waals surface area contributed by atoms with E-state index >= 15 is 0 Å². The SMILES string of the molecule is CCN(CC(=O)Nc1ccc(C)cc1Cl)C1CCNCC1. The smallest absolute Gasteiger partial charge is 0.238 e. The summed E-state index contributed by atoms with van der Waals surface area (Å²) < 4.78 is 0. The van der Waals surface area contributed by atoms with Crippen LogP contribution in [0.25, 0.3) is 0 Å². The van der Waals surface area contributed by atoms with E-state index in [4.69, 9.17) is 11.6 Å². The highest BCUT2D eigenvalue weighted by Gasteiger charge is 2.21. The van der Waals surface area contributed by atoms with E-state index in [9.17, 15) is 4.79 Å². The van der Waals surface area contributed by atoms with Crippen molar-refractivity contribution in [1.82, 2.24) is 10.2 Å². The Morgan fingerprint density at radius 3 is 2.76 bits per heavy atom. The van der Waals surface area contributed by atoms with Crippen LogP contribution in [0, 0.1) is 6.92 Å². The van der Waals surface area contributed by atoms with E-state index in [2.05, 4.69) is 22.5 Å². The van der Waals surface area contributed by atoms with E-state index in [1.807, 2.05) is 25.1 Å². The number of halogens is 1. The second kappa shape index (κ2) is 7.78. The number of amides is 1. The van der Waals surface area contributed by atoms with E-state index < -0.39 is 0 Å². The topological polar surface area (TPSA) is 44.4 Å². The molecule has 21 heavy (non-hydrogen) atoms. The minimum Gasteiger partial charge on any atom is -0.324 e. The van der Waals surface area contributed by atoms with Gasteiger partial charge >= 0.3 is 0 Å². The molecule has 1 amide bonds. The molecule has 1 fully saturated rings. The molecule has 116 valence electrons. The number of anilines is 1. The Hall–Kier alpha value is -1.10. The molecular formula is C16H24ClN3O. The Bertz CT molecular complexity index is 486. The first-order chi connectivity index (χ1) is 10.1. The number of aryl methyl sites for hydroxylation is 1. The van der Waals surface area contributed by atoms with Gasteiger partial charge in [-0.15, -0.1) is 0 Å². The summed E-state index contributed by atoms with van der Waals surface area (Å²) in [7, 11) is 0. The van der Waals surface area contributed by atoms with Crippen LogP contribution in [0.3, 0.4) is 0 Å². The lowest BCUT2D eigenvalue weighted by Crippen LogP contribution is -2.46. The van der Waals surface area contributed by atoms with E-state index in [0.717, 1.165) is 38.0 Å². The maximum atomic E-state index is 12.2. The van der Waals surface area contributed by atoms with Gasteiger partial charge in [-0.25, -0.2) is 0 Å². The van der Waals surface area contributed by atoms with Crippen molar-refractivity contribution in [2.24, 2.45) is 0 Å². The number of nitrogens with one attached hydrogen (secondary N) is 2. The summed E-state index contributed by atoms with van der Waals surface area (Å²) in [6.45, 7) is 7.46. The minimum absolute atomic E-state index is 0.00105. The highest BCUT2D eigenvalue weighted by Crippen LogP contribution is 2.22. The number of carbonyl (C=O) groups is 1. The Morgan fingerprint density at radius 1 is 1.43 bits per heavy atom. The zero-order valence-electron chi connectivity index (χ0n) is 12.8. The quantitative estimate of drug-likeness (QED) is 0.879. The molecule has 1 saturated heterocycles. The molecule has 2 rings (SSSR count). The Labute approximate surface area is 131 Å². The zero-order valence-corrected chi connectivity index (χ0v) is 13.5. The van der Waals surface area contributed by atoms with Crippen LogP contribution >= 0.6 is 11.6 Å². The first-order valence-electron chi connectivity index (χ1n) is 7.61. The highest BCUT2D eigenvalue weighted by atomic mass is 35.5. The summed E-state index contributed by atoms with van der Waals surface area (Å²) in [4.78, 5) is 14.5. The Balaban J connectivity index is 1.92. The lowest BCUT2D eigenvalue weighted by atomic mass is 10.0. The third-order valence-corrected chi connectivity index (χ3v) is 4.29. The van der Waals surface area contributed by atoms with Crippen molar-refractivity contribution in [2.75, 3.05) is 31.5 Å². The van der Waals surface area contributed by atoms with Crippen LogP contribution in [0.1, 0.15) is 25.3 Å². The van der Waals surface area contributed by atoms with Crippen LogP contribution in [0.15, 0.2) is 18.2 Å². The van der Waals surface area contributed by atoms with Crippen molar-refractivity contribution < 1.29 is 4.79 Å². The molecule has 0 radical (unpaired) electrons. The number of hydrogen-bond acceptors (Lipinski definition) is 3. The fraction of sp³-hybridized carbons (Fsp3) is 0.562. The molecule has 1 aromatic carbocycles. The first kappa shape index (κ1) is 16.3. The van der Waals surface area contributed by atoms with Gasteiger partial charge in [0.25, 0.3) is 0 Å². The molecule has 1 aliphatic heterocycles. The number of nitrogens with zero attached hydrogens (tertiary/aromatic N) is 1. The normalized spacial score (nSPS) is 16.2. The monoisotopic (exact) mass is 309 g/mol. The number of benzene rings is 1. The third-order valence-electron chi connectivity index (χ3n) is 3.98. The van der Waals surface area contributed by atoms with E-state index in [-0.39, 0.29) is 5.91 Å². The molecule has 1 aliphatic rings. The van der Waals surface area contributed by atoms with Crippen molar-refractivity contribution in [2.45, 2.75) is 32.7 Å². The van der Waals surface area contributed by atoms with Gasteiger partial charge in [0.15, 0.2) is 0 Å². The van der Waals surface area contributed by atoms with Crippen molar-refractivity contribution in [3.05, 3.63) is 28.8 Å². The molecule has 0 saturated carbocycles. The third kappa shape index (κ3) is 4.70. The van der Waals surface area contributed by atoms with E-state index in [1.54, 1.807) is 0 Å². The number of likely N-dealkylation sites (N-methyl/N-ethyl adjacent to an activating group) is 1. The van der Waals surface area contributed by atoms with Gasteiger partial charge in [-0.2, -0.15) is 0 Å². The van der Waals surface area contributed by atoms with Crippen molar-refractivity contribution in [3.63, 3.8) is 0 Å². The van der Waals surface area contributed by atoms with E-state index in [1.165, 1.54) is 0 Å². The lowest BCUT2D eigenvalue weighted by Gasteiger charge is -2.33. The second-order valence-corrected chi connectivity index (χ2v) is 5.98. The molecule has 2 N–H and O–H groups in total. The maximum Gasteiger partial charge on any atom is 0.238 e. The summed E-state index contributed by atoms with van der Waals surface area (Å²) >= 11 is 6.16. The van der Waals surface area contributed by atoms with Crippen LogP contribution in [0.5, 0.6) is 0 Å². The van der Waals surface area contributed by atoms with Crippen molar-refractivity contribution in [3.8, 4) is 0 Å². The van der Waals surface area contributed by atoms with Gasteiger partial charge in [-0.05, 0) is 57.1 Å². The van der Waals surface area contributed by atoms with Gasteiger partial charge < -0.3 is 10.6 Å². The number of carbonyl (C=O) groups excluding carboxylic acids is 1. The number of rotatable bonds is 5. The lowest BCUT2D eigenvalue weighted by molar-refractivity contribution is -0.118. The summed E-state index contributed by atoms with van der Waals surface area (Å²) in [5, 5.41) is 6.86. The number of piperidine rings is 1. The van der Waals surface area contributed by atoms with Gasteiger partial charge in [0.2, 0.25) is 5.91 Å². The molecule has 1 aromatic rings. The molecule has 0 bridgehead atoms. The summed E-state index contributed by atoms with van der Waals surface area (Å²) in [5.74, 6) is 0.00105. The van der Waals surface area contributed by atoms with Crippen LogP contribution in [-0.2, 0) is 4.79 Å². The molecule has 0 aromatic heterocycles. The average Bonchev–Trinajstić information content (AvgIpc) is 2.48. The van der Waals surface area contributed by atoms with Crippen LogP contribution in [-0.4, -0.2) is 43.0 Å². The number of hydrogen-bond donors (Lipinski definition) is 2. The molecule has 5 heteroatoms. The minimum atomic E-state index is 0.00105. The summed E-state index contributed by atoms with van der Waals surface area (Å²) in [6.07, 6.45) is 2.21. The molecule has 0 aliphatic carbocycles. The zero-order chi connectivity index (χ0) is 15.2. The van der Waals surface area contributed by atoms with Gasteiger partial charge in [-0.1, -0.05) is 24.6 Å². The molecule has 0 spiro atoms. The molecular weight excluding hydrogens is 286 g/mol. The summed E-state index contributed by atoms with van der Waals surface area (Å²) in [5.41, 5.74) is 1.77. The molecule has 0 atom stereocenters. The molecule has 0 unspecified atom stereocenters. The van der Waals surface area contributed by atoms with Crippen molar-refractivity contribution in [1.29, 1.82) is 0 Å². The van der Waals surface area contributed by atoms with Gasteiger partial charge in [0.05, 0.1) is 17.3 Å². The summed E-state index contributed by atoms with van der Waals surface area (Å²) in [6, 6.07) is 6.17. The van der Waals surface area contributed by atoms with Gasteiger partial charge in [0.1, 0.15) is 0 Å². The first-order valence-corrected chi connectivity index (χ1v) is 7.98. The molecule has 4 nitrogen and oxygen atoms in total. The van der Waals surface area contributed by atoms with Crippen LogP contribution in [0.2, 0.25) is 5.02 Å². The largest absolute Gasteiger partial charge is 0.324 e. The van der Waals surface area contributed by atoms with Gasteiger partial charge in [0, 0.05) is 6.04 Å². The highest BCUT2D eigenvalue weighted by molar-refractivity contribution is 6.33. The predicted molar refractivity (Wildman–Crippen MR) is 88.0 cm³/mol.